The molecule has 2 amide bonds. The van der Waals surface area contributed by atoms with Crippen LogP contribution in [0.4, 0.5) is 4.79 Å². The molecule has 1 aliphatic carbocycles. The number of rotatable bonds is 13. The van der Waals surface area contributed by atoms with Crippen molar-refractivity contribution in [2.45, 2.75) is 58.5 Å². The van der Waals surface area contributed by atoms with E-state index in [4.69, 9.17) is 9.47 Å². The summed E-state index contributed by atoms with van der Waals surface area (Å²) in [6, 6.07) is 7.33. The quantitative estimate of drug-likeness (QED) is 0.508. The molecule has 0 radical (unpaired) electrons. The predicted molar refractivity (Wildman–Crippen MR) is 116 cm³/mol. The maximum absolute atomic E-state index is 12.3. The molecule has 2 N–H and O–H groups in total. The van der Waals surface area contributed by atoms with E-state index in [9.17, 15) is 14.7 Å². The third kappa shape index (κ3) is 8.22. The number of aliphatic carboxylic acids is 1. The van der Waals surface area contributed by atoms with Crippen LogP contribution in [0.15, 0.2) is 24.3 Å². The summed E-state index contributed by atoms with van der Waals surface area (Å²) in [6.45, 7) is 6.38. The van der Waals surface area contributed by atoms with Gasteiger partial charge >= 0.3 is 12.0 Å². The van der Waals surface area contributed by atoms with Crippen molar-refractivity contribution in [2.75, 3.05) is 32.8 Å². The number of nitrogens with one attached hydrogen (secondary N) is 1. The summed E-state index contributed by atoms with van der Waals surface area (Å²) in [7, 11) is 0. The van der Waals surface area contributed by atoms with Crippen LogP contribution in [-0.2, 0) is 16.0 Å². The van der Waals surface area contributed by atoms with Crippen molar-refractivity contribution in [1.29, 1.82) is 0 Å². The number of carbonyl (C=O) groups is 2. The average molecular weight is 421 g/mol. The number of hydrogen-bond acceptors (Lipinski definition) is 4. The van der Waals surface area contributed by atoms with Crippen LogP contribution in [0.2, 0.25) is 0 Å². The van der Waals surface area contributed by atoms with E-state index in [0.717, 1.165) is 24.4 Å². The fourth-order valence-electron chi connectivity index (χ4n) is 3.84. The third-order valence-electron chi connectivity index (χ3n) is 5.51. The lowest BCUT2D eigenvalue weighted by Gasteiger charge is -2.24. The smallest absolute Gasteiger partial charge is 0.333 e. The second-order valence-corrected chi connectivity index (χ2v) is 7.74. The first kappa shape index (κ1) is 24.0. The molecule has 0 aliphatic heterocycles. The number of nitrogens with zero attached hydrogens (tertiary/aromatic N) is 1. The fourth-order valence-corrected chi connectivity index (χ4v) is 3.84. The first-order valence-corrected chi connectivity index (χ1v) is 11.1. The lowest BCUT2D eigenvalue weighted by Crippen LogP contribution is -2.42. The Kier molecular flexibility index (Phi) is 10.5. The molecule has 30 heavy (non-hydrogen) atoms. The molecule has 0 spiro atoms. The number of ether oxygens (including phenoxy) is 2. The van der Waals surface area contributed by atoms with Crippen molar-refractivity contribution in [1.82, 2.24) is 10.2 Å². The molecule has 7 nitrogen and oxygen atoms in total. The molecule has 2 rings (SSSR count). The molecular weight excluding hydrogens is 384 g/mol. The first-order valence-electron chi connectivity index (χ1n) is 11.1. The lowest BCUT2D eigenvalue weighted by atomic mass is 10.0. The molecule has 0 saturated heterocycles. The van der Waals surface area contributed by atoms with Gasteiger partial charge in [0.25, 0.3) is 0 Å². The van der Waals surface area contributed by atoms with Gasteiger partial charge in [0.1, 0.15) is 12.4 Å². The number of carbonyl (C=O) groups excluding carboxylic acids is 1. The van der Waals surface area contributed by atoms with Crippen molar-refractivity contribution >= 4 is 12.0 Å². The van der Waals surface area contributed by atoms with Gasteiger partial charge in [-0.25, -0.2) is 9.59 Å². The summed E-state index contributed by atoms with van der Waals surface area (Å²) in [5, 5.41) is 12.1. The maximum Gasteiger partial charge on any atom is 0.333 e. The largest absolute Gasteiger partial charge is 0.492 e. The van der Waals surface area contributed by atoms with E-state index in [-0.39, 0.29) is 6.03 Å². The van der Waals surface area contributed by atoms with Crippen molar-refractivity contribution in [3.63, 3.8) is 0 Å². The van der Waals surface area contributed by atoms with E-state index in [2.05, 4.69) is 5.32 Å². The SMILES string of the molecule is CCNC(=O)N(CCOc1ccc(CC(OCC)C(=O)O)cc1)CCC1CCCC1. The van der Waals surface area contributed by atoms with Crippen LogP contribution in [0.5, 0.6) is 5.75 Å². The fraction of sp³-hybridized carbons (Fsp3) is 0.652. The Hall–Kier alpha value is -2.28. The Morgan fingerprint density at radius 1 is 1.17 bits per heavy atom. The summed E-state index contributed by atoms with van der Waals surface area (Å²) in [5.41, 5.74) is 0.878. The second kappa shape index (κ2) is 13.1. The van der Waals surface area contributed by atoms with E-state index < -0.39 is 12.1 Å². The molecule has 7 heteroatoms. The number of carboxylic acids is 1. The molecule has 0 bridgehead atoms. The van der Waals surface area contributed by atoms with Gasteiger partial charge in [0.2, 0.25) is 0 Å². The third-order valence-corrected chi connectivity index (χ3v) is 5.51. The van der Waals surface area contributed by atoms with Gasteiger partial charge in [-0.15, -0.1) is 0 Å². The number of carboxylic acid groups (broad SMARTS) is 1. The van der Waals surface area contributed by atoms with Crippen LogP contribution in [-0.4, -0.2) is 61.0 Å². The molecule has 1 unspecified atom stereocenters. The van der Waals surface area contributed by atoms with Crippen molar-refractivity contribution < 1.29 is 24.2 Å². The number of hydrogen-bond donors (Lipinski definition) is 2. The Morgan fingerprint density at radius 2 is 1.87 bits per heavy atom. The highest BCUT2D eigenvalue weighted by Crippen LogP contribution is 2.27. The average Bonchev–Trinajstić information content (AvgIpc) is 3.25. The molecule has 1 fully saturated rings. The zero-order valence-electron chi connectivity index (χ0n) is 18.3. The monoisotopic (exact) mass is 420 g/mol. The minimum atomic E-state index is -0.958. The summed E-state index contributed by atoms with van der Waals surface area (Å²) in [5.74, 6) is 0.482. The molecule has 1 aromatic rings. The first-order chi connectivity index (χ1) is 14.5. The number of benzene rings is 1. The Balaban J connectivity index is 1.81. The van der Waals surface area contributed by atoms with Crippen LogP contribution in [0.25, 0.3) is 0 Å². The van der Waals surface area contributed by atoms with Gasteiger partial charge in [0.15, 0.2) is 6.10 Å². The van der Waals surface area contributed by atoms with E-state index in [1.165, 1.54) is 25.7 Å². The highest BCUT2D eigenvalue weighted by molar-refractivity contribution is 5.74. The van der Waals surface area contributed by atoms with E-state index >= 15 is 0 Å². The van der Waals surface area contributed by atoms with Crippen LogP contribution >= 0.6 is 0 Å². The minimum Gasteiger partial charge on any atom is -0.492 e. The predicted octanol–water partition coefficient (Wildman–Crippen LogP) is 3.71. The van der Waals surface area contributed by atoms with E-state index in [0.29, 0.717) is 38.5 Å². The standard InChI is InChI=1S/C23H36N2O5/c1-3-24-23(28)25(14-13-18-7-5-6-8-18)15-16-30-20-11-9-19(10-12-20)17-21(22(26)27)29-4-2/h9-12,18,21H,3-8,13-17H2,1-2H3,(H,24,28)(H,26,27). The normalized spacial score (nSPS) is 15.0. The second-order valence-electron chi connectivity index (χ2n) is 7.74. The Morgan fingerprint density at radius 3 is 2.47 bits per heavy atom. The van der Waals surface area contributed by atoms with E-state index in [1.54, 1.807) is 6.92 Å². The zero-order chi connectivity index (χ0) is 21.8. The molecule has 0 heterocycles. The van der Waals surface area contributed by atoms with Crippen LogP contribution in [0, 0.1) is 5.92 Å². The molecule has 1 atom stereocenters. The Bertz CT molecular complexity index is 643. The number of urea groups is 1. The van der Waals surface area contributed by atoms with Gasteiger partial charge in [0, 0.05) is 26.1 Å². The molecule has 0 aromatic heterocycles. The highest BCUT2D eigenvalue weighted by Gasteiger charge is 2.19. The van der Waals surface area contributed by atoms with Gasteiger partial charge in [-0.3, -0.25) is 0 Å². The molecule has 168 valence electrons. The topological polar surface area (TPSA) is 88.1 Å². The molecular formula is C23H36N2O5. The Labute approximate surface area is 179 Å². The zero-order valence-corrected chi connectivity index (χ0v) is 18.3. The molecule has 1 aliphatic rings. The van der Waals surface area contributed by atoms with Crippen LogP contribution in [0.3, 0.4) is 0 Å². The van der Waals surface area contributed by atoms with Gasteiger partial charge in [-0.05, 0) is 43.9 Å². The summed E-state index contributed by atoms with van der Waals surface area (Å²) < 4.78 is 11.1. The van der Waals surface area contributed by atoms with Crippen LogP contribution < -0.4 is 10.1 Å². The van der Waals surface area contributed by atoms with Gasteiger partial charge in [-0.1, -0.05) is 37.8 Å². The molecule has 1 saturated carbocycles. The lowest BCUT2D eigenvalue weighted by molar-refractivity contribution is -0.149. The van der Waals surface area contributed by atoms with Gasteiger partial charge < -0.3 is 24.8 Å². The van der Waals surface area contributed by atoms with Gasteiger partial charge in [0.05, 0.1) is 6.54 Å². The highest BCUT2D eigenvalue weighted by atomic mass is 16.5. The molecule has 1 aromatic carbocycles. The van der Waals surface area contributed by atoms with Gasteiger partial charge in [-0.2, -0.15) is 0 Å². The minimum absolute atomic E-state index is 0.0370. The van der Waals surface area contributed by atoms with Crippen LogP contribution in [0.1, 0.15) is 51.5 Å². The van der Waals surface area contributed by atoms with E-state index in [1.807, 2.05) is 36.1 Å². The summed E-state index contributed by atoms with van der Waals surface area (Å²) in [6.07, 6.45) is 5.69. The van der Waals surface area contributed by atoms with Crippen molar-refractivity contribution in [3.8, 4) is 5.75 Å². The summed E-state index contributed by atoms with van der Waals surface area (Å²) in [4.78, 5) is 25.4. The number of amides is 2. The van der Waals surface area contributed by atoms with Crippen molar-refractivity contribution in [2.24, 2.45) is 5.92 Å². The van der Waals surface area contributed by atoms with Crippen molar-refractivity contribution in [3.05, 3.63) is 29.8 Å². The summed E-state index contributed by atoms with van der Waals surface area (Å²) >= 11 is 0. The maximum atomic E-state index is 12.3.